The first-order chi connectivity index (χ1) is 12.6. The Bertz CT molecular complexity index is 724. The van der Waals surface area contributed by atoms with Gasteiger partial charge < -0.3 is 14.4 Å². The molecule has 4 nitrogen and oxygen atoms in total. The van der Waals surface area contributed by atoms with E-state index in [2.05, 4.69) is 12.1 Å². The van der Waals surface area contributed by atoms with E-state index in [0.717, 1.165) is 44.0 Å². The molecule has 138 valence electrons. The van der Waals surface area contributed by atoms with Crippen LogP contribution in [0.25, 0.3) is 0 Å². The third-order valence-corrected chi connectivity index (χ3v) is 4.97. The number of esters is 1. The molecule has 0 atom stereocenters. The fourth-order valence-corrected chi connectivity index (χ4v) is 3.47. The fourth-order valence-electron chi connectivity index (χ4n) is 3.34. The minimum absolute atomic E-state index is 0.0371. The van der Waals surface area contributed by atoms with Gasteiger partial charge in [0.25, 0.3) is 0 Å². The van der Waals surface area contributed by atoms with Gasteiger partial charge in [0.15, 0.2) is 0 Å². The molecule has 1 fully saturated rings. The van der Waals surface area contributed by atoms with Crippen LogP contribution in [0.3, 0.4) is 0 Å². The van der Waals surface area contributed by atoms with Gasteiger partial charge in [0.2, 0.25) is 0 Å². The molecule has 1 N–H and O–H groups in total. The Kier molecular flexibility index (Phi) is 6.53. The molecule has 0 amide bonds. The molecule has 0 unspecified atom stereocenters. The van der Waals surface area contributed by atoms with E-state index < -0.39 is 0 Å². The average Bonchev–Trinajstić information content (AvgIpc) is 2.65. The summed E-state index contributed by atoms with van der Waals surface area (Å²) in [6, 6.07) is 15.5. The van der Waals surface area contributed by atoms with Gasteiger partial charge in [-0.2, -0.15) is 0 Å². The average molecular weight is 375 g/mol. The van der Waals surface area contributed by atoms with Crippen LogP contribution in [0.1, 0.15) is 25.3 Å². The number of halogens is 1. The number of hydrogen-bond acceptors (Lipinski definition) is 3. The number of piperidine rings is 1. The number of ether oxygens (including phenoxy) is 2. The first-order valence-electron chi connectivity index (χ1n) is 9.16. The largest absolute Gasteiger partial charge is 0.466 e. The van der Waals surface area contributed by atoms with Gasteiger partial charge in [0, 0.05) is 23.4 Å². The molecule has 3 rings (SSSR count). The van der Waals surface area contributed by atoms with Gasteiger partial charge in [-0.3, -0.25) is 4.79 Å². The molecule has 26 heavy (non-hydrogen) atoms. The van der Waals surface area contributed by atoms with Gasteiger partial charge in [0.1, 0.15) is 18.0 Å². The van der Waals surface area contributed by atoms with E-state index in [-0.39, 0.29) is 11.9 Å². The van der Waals surface area contributed by atoms with Crippen LogP contribution in [-0.4, -0.2) is 25.7 Å². The number of carbonyl (C=O) groups excluding carboxylic acids is 1. The first kappa shape index (κ1) is 18.7. The third kappa shape index (κ3) is 5.23. The van der Waals surface area contributed by atoms with E-state index in [1.807, 2.05) is 43.3 Å². The monoisotopic (exact) mass is 374 g/mol. The van der Waals surface area contributed by atoms with Crippen molar-refractivity contribution < 1.29 is 19.2 Å². The van der Waals surface area contributed by atoms with Gasteiger partial charge >= 0.3 is 5.97 Å². The number of carbonyl (C=O) groups is 1. The van der Waals surface area contributed by atoms with Crippen molar-refractivity contribution in [2.24, 2.45) is 5.92 Å². The van der Waals surface area contributed by atoms with Gasteiger partial charge in [-0.25, -0.2) is 0 Å². The van der Waals surface area contributed by atoms with Crippen molar-refractivity contribution in [3.8, 4) is 11.5 Å². The van der Waals surface area contributed by atoms with Gasteiger partial charge in [-0.05, 0) is 43.3 Å². The summed E-state index contributed by atoms with van der Waals surface area (Å²) in [4.78, 5) is 13.3. The summed E-state index contributed by atoms with van der Waals surface area (Å²) in [5.41, 5.74) is 1.24. The molecule has 0 aromatic heterocycles. The molecule has 1 heterocycles. The third-order valence-electron chi connectivity index (χ3n) is 4.71. The molecule has 2 aromatic rings. The van der Waals surface area contributed by atoms with E-state index in [1.165, 1.54) is 10.5 Å². The van der Waals surface area contributed by atoms with Crippen LogP contribution in [0.5, 0.6) is 11.5 Å². The Hall–Kier alpha value is -2.04. The number of hydrogen-bond donors (Lipinski definition) is 1. The van der Waals surface area contributed by atoms with E-state index in [4.69, 9.17) is 21.1 Å². The second kappa shape index (κ2) is 9.06. The highest BCUT2D eigenvalue weighted by Crippen LogP contribution is 2.23. The lowest BCUT2D eigenvalue weighted by Gasteiger charge is -2.28. The Morgan fingerprint density at radius 2 is 1.85 bits per heavy atom. The lowest BCUT2D eigenvalue weighted by Crippen LogP contribution is -3.11. The van der Waals surface area contributed by atoms with Crippen LogP contribution in [0.15, 0.2) is 48.5 Å². The Labute approximate surface area is 159 Å². The standard InChI is InChI=1S/C21H24ClNO3/c1-2-25-21(24)17-10-12-23(13-11-17)15-16-4-3-5-20(14-16)26-19-8-6-18(22)7-9-19/h3-9,14,17H,2,10-13,15H2,1H3/p+1. The van der Waals surface area contributed by atoms with E-state index in [9.17, 15) is 4.79 Å². The zero-order chi connectivity index (χ0) is 18.4. The van der Waals surface area contributed by atoms with Crippen LogP contribution >= 0.6 is 11.6 Å². The molecule has 1 aliphatic rings. The smallest absolute Gasteiger partial charge is 0.309 e. The van der Waals surface area contributed by atoms with Crippen molar-refractivity contribution in [2.45, 2.75) is 26.3 Å². The molecule has 0 spiro atoms. The molecular formula is C21H25ClNO3+. The van der Waals surface area contributed by atoms with Crippen molar-refractivity contribution in [3.05, 3.63) is 59.1 Å². The zero-order valence-electron chi connectivity index (χ0n) is 15.0. The Morgan fingerprint density at radius 3 is 2.54 bits per heavy atom. The minimum atomic E-state index is -0.0371. The highest BCUT2D eigenvalue weighted by molar-refractivity contribution is 6.30. The summed E-state index contributed by atoms with van der Waals surface area (Å²) < 4.78 is 11.1. The number of likely N-dealkylation sites (tertiary alicyclic amines) is 1. The van der Waals surface area contributed by atoms with Crippen molar-refractivity contribution in [1.82, 2.24) is 0 Å². The summed E-state index contributed by atoms with van der Waals surface area (Å²) >= 11 is 5.91. The quantitative estimate of drug-likeness (QED) is 0.787. The number of benzene rings is 2. The maximum atomic E-state index is 11.8. The zero-order valence-corrected chi connectivity index (χ0v) is 15.8. The molecule has 5 heteroatoms. The number of quaternary nitrogens is 1. The van der Waals surface area contributed by atoms with Gasteiger partial charge in [-0.1, -0.05) is 23.7 Å². The van der Waals surface area contributed by atoms with Gasteiger partial charge in [0.05, 0.1) is 25.6 Å². The van der Waals surface area contributed by atoms with E-state index >= 15 is 0 Å². The molecule has 0 bridgehead atoms. The van der Waals surface area contributed by atoms with Crippen LogP contribution in [0.4, 0.5) is 0 Å². The Morgan fingerprint density at radius 1 is 1.12 bits per heavy atom. The first-order valence-corrected chi connectivity index (χ1v) is 9.54. The van der Waals surface area contributed by atoms with Gasteiger partial charge in [-0.15, -0.1) is 0 Å². The maximum Gasteiger partial charge on any atom is 0.309 e. The van der Waals surface area contributed by atoms with E-state index in [1.54, 1.807) is 0 Å². The lowest BCUT2D eigenvalue weighted by molar-refractivity contribution is -0.919. The van der Waals surface area contributed by atoms with Crippen molar-refractivity contribution in [3.63, 3.8) is 0 Å². The molecular weight excluding hydrogens is 350 g/mol. The van der Waals surface area contributed by atoms with Crippen molar-refractivity contribution >= 4 is 17.6 Å². The van der Waals surface area contributed by atoms with Crippen LogP contribution in [0.2, 0.25) is 5.02 Å². The van der Waals surface area contributed by atoms with Crippen LogP contribution in [-0.2, 0) is 16.1 Å². The molecule has 2 aromatic carbocycles. The lowest BCUT2D eigenvalue weighted by atomic mass is 9.96. The number of nitrogens with one attached hydrogen (secondary N) is 1. The maximum absolute atomic E-state index is 11.8. The van der Waals surface area contributed by atoms with E-state index in [0.29, 0.717) is 11.6 Å². The topological polar surface area (TPSA) is 40.0 Å². The predicted molar refractivity (Wildman–Crippen MR) is 102 cm³/mol. The normalized spacial score (nSPS) is 19.8. The Balaban J connectivity index is 1.54. The molecule has 1 aliphatic heterocycles. The van der Waals surface area contributed by atoms with Crippen molar-refractivity contribution in [2.75, 3.05) is 19.7 Å². The molecule has 0 radical (unpaired) electrons. The highest BCUT2D eigenvalue weighted by atomic mass is 35.5. The predicted octanol–water partition coefficient (Wildman–Crippen LogP) is 3.49. The van der Waals surface area contributed by atoms with Crippen LogP contribution in [0, 0.1) is 5.92 Å². The minimum Gasteiger partial charge on any atom is -0.466 e. The molecule has 0 aliphatic carbocycles. The highest BCUT2D eigenvalue weighted by Gasteiger charge is 2.28. The SMILES string of the molecule is CCOC(=O)C1CC[NH+](Cc2cccc(Oc3ccc(Cl)cc3)c2)CC1. The summed E-state index contributed by atoms with van der Waals surface area (Å²) in [5, 5.41) is 0.695. The molecule has 0 saturated carbocycles. The summed E-state index contributed by atoms with van der Waals surface area (Å²) in [5.74, 6) is 1.63. The summed E-state index contributed by atoms with van der Waals surface area (Å²) in [7, 11) is 0. The number of rotatable bonds is 6. The molecule has 1 saturated heterocycles. The second-order valence-electron chi connectivity index (χ2n) is 6.66. The fraction of sp³-hybridized carbons (Fsp3) is 0.381. The van der Waals surface area contributed by atoms with Crippen molar-refractivity contribution in [1.29, 1.82) is 0 Å². The summed E-state index contributed by atoms with van der Waals surface area (Å²) in [6.45, 7) is 5.24. The summed E-state index contributed by atoms with van der Waals surface area (Å²) in [6.07, 6.45) is 1.80. The van der Waals surface area contributed by atoms with Crippen LogP contribution < -0.4 is 9.64 Å². The second-order valence-corrected chi connectivity index (χ2v) is 7.09.